The first-order valence-electron chi connectivity index (χ1n) is 6.46. The maximum absolute atomic E-state index is 12.1. The van der Waals surface area contributed by atoms with Crippen LogP contribution in [0.4, 0.5) is 0 Å². The Bertz CT molecular complexity index is 697. The van der Waals surface area contributed by atoms with Crippen LogP contribution in [0.5, 0.6) is 0 Å². The molecule has 106 valence electrons. The van der Waals surface area contributed by atoms with E-state index in [0.29, 0.717) is 0 Å². The van der Waals surface area contributed by atoms with Gasteiger partial charge in [-0.3, -0.25) is 9.59 Å². The Balaban J connectivity index is 2.19. The Morgan fingerprint density at radius 3 is 2.55 bits per heavy atom. The van der Waals surface area contributed by atoms with Crippen LogP contribution in [0.3, 0.4) is 0 Å². The van der Waals surface area contributed by atoms with Gasteiger partial charge in [-0.15, -0.1) is 0 Å². The van der Waals surface area contributed by atoms with Crippen LogP contribution in [-0.2, 0) is 0 Å². The average molecular weight is 274 g/mol. The standard InChI is InChI=1S/C15H18N2O3/c1-8-5-6-12(14(18)16-8)15(19)17-10(3)13-7-9(2)20-11(13)4/h5-7,10H,1-4H3,(H,16,18)(H,17,19)/t10-/m1/s1. The van der Waals surface area contributed by atoms with Gasteiger partial charge in [0.15, 0.2) is 0 Å². The third-order valence-electron chi connectivity index (χ3n) is 3.19. The van der Waals surface area contributed by atoms with Gasteiger partial charge in [-0.05, 0) is 45.9 Å². The smallest absolute Gasteiger partial charge is 0.260 e. The molecule has 5 heteroatoms. The third kappa shape index (κ3) is 2.82. The minimum Gasteiger partial charge on any atom is -0.466 e. The summed E-state index contributed by atoms with van der Waals surface area (Å²) < 4.78 is 5.44. The quantitative estimate of drug-likeness (QED) is 0.902. The van der Waals surface area contributed by atoms with E-state index in [-0.39, 0.29) is 17.2 Å². The van der Waals surface area contributed by atoms with E-state index in [4.69, 9.17) is 4.42 Å². The van der Waals surface area contributed by atoms with E-state index in [2.05, 4.69) is 10.3 Å². The highest BCUT2D eigenvalue weighted by molar-refractivity contribution is 5.94. The fourth-order valence-electron chi connectivity index (χ4n) is 2.18. The second-order valence-corrected chi connectivity index (χ2v) is 4.95. The number of furan rings is 1. The molecule has 5 nitrogen and oxygen atoms in total. The molecule has 0 spiro atoms. The van der Waals surface area contributed by atoms with E-state index in [1.165, 1.54) is 6.07 Å². The molecular weight excluding hydrogens is 256 g/mol. The molecule has 1 amide bonds. The van der Waals surface area contributed by atoms with Crippen molar-refractivity contribution in [1.29, 1.82) is 0 Å². The molecule has 0 aromatic carbocycles. The molecule has 0 bridgehead atoms. The molecule has 2 N–H and O–H groups in total. The van der Waals surface area contributed by atoms with Gasteiger partial charge in [0.1, 0.15) is 17.1 Å². The van der Waals surface area contributed by atoms with Crippen LogP contribution in [0.2, 0.25) is 0 Å². The van der Waals surface area contributed by atoms with Crippen molar-refractivity contribution in [3.8, 4) is 0 Å². The predicted molar refractivity (Wildman–Crippen MR) is 75.9 cm³/mol. The first kappa shape index (κ1) is 14.1. The number of hydrogen-bond donors (Lipinski definition) is 2. The fourth-order valence-corrected chi connectivity index (χ4v) is 2.18. The summed E-state index contributed by atoms with van der Waals surface area (Å²) in [5.41, 5.74) is 1.37. The molecule has 2 aromatic heterocycles. The zero-order valence-electron chi connectivity index (χ0n) is 12.0. The summed E-state index contributed by atoms with van der Waals surface area (Å²) >= 11 is 0. The summed E-state index contributed by atoms with van der Waals surface area (Å²) in [6.45, 7) is 7.33. The first-order chi connectivity index (χ1) is 9.38. The number of nitrogens with one attached hydrogen (secondary N) is 2. The largest absolute Gasteiger partial charge is 0.466 e. The molecule has 0 unspecified atom stereocenters. The molecule has 0 aliphatic rings. The number of carbonyl (C=O) groups is 1. The van der Waals surface area contributed by atoms with Gasteiger partial charge in [-0.1, -0.05) is 0 Å². The molecule has 2 aromatic rings. The molecule has 0 fully saturated rings. The number of rotatable bonds is 3. The van der Waals surface area contributed by atoms with Gasteiger partial charge in [0.05, 0.1) is 6.04 Å². The number of hydrogen-bond acceptors (Lipinski definition) is 3. The second kappa shape index (κ2) is 5.36. The molecule has 20 heavy (non-hydrogen) atoms. The van der Waals surface area contributed by atoms with Crippen LogP contribution >= 0.6 is 0 Å². The highest BCUT2D eigenvalue weighted by Gasteiger charge is 2.17. The maximum atomic E-state index is 12.1. The monoisotopic (exact) mass is 274 g/mol. The van der Waals surface area contributed by atoms with E-state index in [1.54, 1.807) is 13.0 Å². The van der Waals surface area contributed by atoms with Gasteiger partial charge in [0.25, 0.3) is 11.5 Å². The molecule has 1 atom stereocenters. The number of aromatic amines is 1. The maximum Gasteiger partial charge on any atom is 0.260 e. The van der Waals surface area contributed by atoms with Gasteiger partial charge in [-0.25, -0.2) is 0 Å². The molecule has 0 aliphatic carbocycles. The SMILES string of the molecule is Cc1ccc(C(=O)N[C@H](C)c2cc(C)oc2C)c(=O)[nH]1. The lowest BCUT2D eigenvalue weighted by atomic mass is 10.1. The Morgan fingerprint density at radius 1 is 1.30 bits per heavy atom. The number of amides is 1. The van der Waals surface area contributed by atoms with Crippen molar-refractivity contribution < 1.29 is 9.21 Å². The van der Waals surface area contributed by atoms with Crippen LogP contribution in [0, 0.1) is 20.8 Å². The van der Waals surface area contributed by atoms with E-state index >= 15 is 0 Å². The van der Waals surface area contributed by atoms with Crippen LogP contribution in [-0.4, -0.2) is 10.9 Å². The zero-order chi connectivity index (χ0) is 14.9. The lowest BCUT2D eigenvalue weighted by Crippen LogP contribution is -2.31. The molecular formula is C15H18N2O3. The summed E-state index contributed by atoms with van der Waals surface area (Å²) in [5.74, 6) is 1.18. The van der Waals surface area contributed by atoms with Crippen LogP contribution in [0.1, 0.15) is 46.1 Å². The number of H-pyrrole nitrogens is 1. The first-order valence-corrected chi connectivity index (χ1v) is 6.46. The lowest BCUT2D eigenvalue weighted by Gasteiger charge is -2.13. The molecule has 0 radical (unpaired) electrons. The summed E-state index contributed by atoms with van der Waals surface area (Å²) in [6.07, 6.45) is 0. The van der Waals surface area contributed by atoms with E-state index in [1.807, 2.05) is 26.8 Å². The Labute approximate surface area is 117 Å². The van der Waals surface area contributed by atoms with Crippen molar-refractivity contribution in [3.05, 3.63) is 56.9 Å². The van der Waals surface area contributed by atoms with Crippen molar-refractivity contribution >= 4 is 5.91 Å². The van der Waals surface area contributed by atoms with Gasteiger partial charge in [0.2, 0.25) is 0 Å². The highest BCUT2D eigenvalue weighted by Crippen LogP contribution is 2.21. The molecule has 0 aliphatic heterocycles. The Hall–Kier alpha value is -2.30. The van der Waals surface area contributed by atoms with Crippen molar-refractivity contribution in [2.24, 2.45) is 0 Å². The van der Waals surface area contributed by atoms with Gasteiger partial charge in [-0.2, -0.15) is 0 Å². The minimum absolute atomic E-state index is 0.111. The molecule has 0 saturated heterocycles. The molecule has 0 saturated carbocycles. The van der Waals surface area contributed by atoms with E-state index in [0.717, 1.165) is 22.8 Å². The van der Waals surface area contributed by atoms with Crippen LogP contribution in [0.25, 0.3) is 0 Å². The number of carbonyl (C=O) groups excluding carboxylic acids is 1. The summed E-state index contributed by atoms with van der Waals surface area (Å²) in [7, 11) is 0. The second-order valence-electron chi connectivity index (χ2n) is 4.95. The summed E-state index contributed by atoms with van der Waals surface area (Å²) in [5, 5.41) is 2.81. The zero-order valence-corrected chi connectivity index (χ0v) is 12.0. The highest BCUT2D eigenvalue weighted by atomic mass is 16.3. The fraction of sp³-hybridized carbons (Fsp3) is 0.333. The number of aromatic nitrogens is 1. The summed E-state index contributed by atoms with van der Waals surface area (Å²) in [4.78, 5) is 26.5. The topological polar surface area (TPSA) is 75.1 Å². The van der Waals surface area contributed by atoms with Crippen LogP contribution in [0.15, 0.2) is 27.4 Å². The van der Waals surface area contributed by atoms with Gasteiger partial charge >= 0.3 is 0 Å². The molecule has 2 rings (SSSR count). The Morgan fingerprint density at radius 2 is 2.00 bits per heavy atom. The van der Waals surface area contributed by atoms with Gasteiger partial charge in [0, 0.05) is 11.3 Å². The minimum atomic E-state index is -0.392. The van der Waals surface area contributed by atoms with Crippen molar-refractivity contribution in [3.63, 3.8) is 0 Å². The van der Waals surface area contributed by atoms with Gasteiger partial charge < -0.3 is 14.7 Å². The predicted octanol–water partition coefficient (Wildman–Crippen LogP) is 2.38. The van der Waals surface area contributed by atoms with Crippen molar-refractivity contribution in [2.75, 3.05) is 0 Å². The van der Waals surface area contributed by atoms with Crippen molar-refractivity contribution in [1.82, 2.24) is 10.3 Å². The third-order valence-corrected chi connectivity index (χ3v) is 3.19. The average Bonchev–Trinajstić information content (AvgIpc) is 2.68. The number of aryl methyl sites for hydroxylation is 3. The van der Waals surface area contributed by atoms with E-state index in [9.17, 15) is 9.59 Å². The van der Waals surface area contributed by atoms with Crippen LogP contribution < -0.4 is 10.9 Å². The Kier molecular flexibility index (Phi) is 3.79. The van der Waals surface area contributed by atoms with Crippen molar-refractivity contribution in [2.45, 2.75) is 33.7 Å². The normalized spacial score (nSPS) is 12.2. The summed E-state index contributed by atoms with van der Waals surface area (Å²) in [6, 6.07) is 4.90. The lowest BCUT2D eigenvalue weighted by molar-refractivity contribution is 0.0938. The van der Waals surface area contributed by atoms with E-state index < -0.39 is 5.91 Å². The number of pyridine rings is 1. The molecule has 2 heterocycles.